The molecule has 2 aromatic heterocycles. The number of carbonyl (C=O) groups is 1. The number of carbonyl (C=O) groups excluding carboxylic acids is 1. The van der Waals surface area contributed by atoms with Gasteiger partial charge in [-0.2, -0.15) is 0 Å². The van der Waals surface area contributed by atoms with E-state index in [9.17, 15) is 9.59 Å². The number of methoxy groups -OCH3 is 1. The van der Waals surface area contributed by atoms with Crippen LogP contribution in [0.5, 0.6) is 5.75 Å². The first-order valence-corrected chi connectivity index (χ1v) is 15.1. The lowest BCUT2D eigenvalue weighted by Gasteiger charge is -2.37. The van der Waals surface area contributed by atoms with Crippen molar-refractivity contribution in [3.05, 3.63) is 69.0 Å². The number of anilines is 2. The van der Waals surface area contributed by atoms with Crippen LogP contribution in [0.2, 0.25) is 0 Å². The van der Waals surface area contributed by atoms with Crippen LogP contribution in [0.25, 0.3) is 11.7 Å². The molecule has 10 heteroatoms. The van der Waals surface area contributed by atoms with E-state index >= 15 is 0 Å². The topological polar surface area (TPSA) is 70.4 Å². The Labute approximate surface area is 243 Å². The predicted octanol–water partition coefficient (Wildman–Crippen LogP) is 4.87. The summed E-state index contributed by atoms with van der Waals surface area (Å²) < 4.78 is 7.47. The molecule has 0 N–H and O–H groups in total. The molecule has 1 aliphatic carbocycles. The second kappa shape index (κ2) is 11.2. The predicted molar refractivity (Wildman–Crippen MR) is 166 cm³/mol. The number of piperazine rings is 1. The van der Waals surface area contributed by atoms with Gasteiger partial charge in [0.15, 0.2) is 0 Å². The number of amides is 1. The SMILES string of the molecule is COc1ccc(N2CCN(c3nc4c(C)cccn4c(=O)c3/C=C3\SC(=S)N(C4CCCCC4)C3=O)CC2)cc1. The quantitative estimate of drug-likeness (QED) is 0.315. The van der Waals surface area contributed by atoms with Crippen molar-refractivity contribution in [1.82, 2.24) is 14.3 Å². The van der Waals surface area contributed by atoms with Crippen LogP contribution in [0.1, 0.15) is 43.2 Å². The van der Waals surface area contributed by atoms with Crippen LogP contribution in [-0.2, 0) is 4.79 Å². The summed E-state index contributed by atoms with van der Waals surface area (Å²) in [6.45, 7) is 4.92. The van der Waals surface area contributed by atoms with Gasteiger partial charge < -0.3 is 14.5 Å². The third-order valence-corrected chi connectivity index (χ3v) is 9.45. The molecule has 40 heavy (non-hydrogen) atoms. The molecular formula is C30H33N5O3S2. The van der Waals surface area contributed by atoms with Crippen molar-refractivity contribution in [3.63, 3.8) is 0 Å². The van der Waals surface area contributed by atoms with Crippen molar-refractivity contribution < 1.29 is 9.53 Å². The highest BCUT2D eigenvalue weighted by molar-refractivity contribution is 8.26. The molecule has 4 heterocycles. The fourth-order valence-corrected chi connectivity index (χ4v) is 7.28. The Morgan fingerprint density at radius 1 is 1.00 bits per heavy atom. The van der Waals surface area contributed by atoms with Crippen molar-refractivity contribution >= 4 is 57.4 Å². The normalized spacial score (nSPS) is 19.8. The number of aryl methyl sites for hydroxylation is 1. The van der Waals surface area contributed by atoms with Crippen molar-refractivity contribution in [2.75, 3.05) is 43.1 Å². The van der Waals surface area contributed by atoms with Gasteiger partial charge in [0.2, 0.25) is 0 Å². The molecular weight excluding hydrogens is 542 g/mol. The van der Waals surface area contributed by atoms with Crippen molar-refractivity contribution in [3.8, 4) is 5.75 Å². The van der Waals surface area contributed by atoms with Crippen LogP contribution in [0.4, 0.5) is 11.5 Å². The van der Waals surface area contributed by atoms with Crippen molar-refractivity contribution in [1.29, 1.82) is 0 Å². The molecule has 2 saturated heterocycles. The summed E-state index contributed by atoms with van der Waals surface area (Å²) in [5, 5.41) is 0. The third kappa shape index (κ3) is 4.99. The fraction of sp³-hybridized carbons (Fsp3) is 0.400. The first kappa shape index (κ1) is 26.8. The van der Waals surface area contributed by atoms with Gasteiger partial charge in [-0.25, -0.2) is 4.98 Å². The second-order valence-electron chi connectivity index (χ2n) is 10.6. The molecule has 3 aromatic rings. The van der Waals surface area contributed by atoms with E-state index in [1.54, 1.807) is 28.7 Å². The number of thiocarbonyl (C=S) groups is 1. The van der Waals surface area contributed by atoms with Crippen LogP contribution in [0, 0.1) is 6.92 Å². The zero-order chi connectivity index (χ0) is 27.8. The lowest BCUT2D eigenvalue weighted by Crippen LogP contribution is -2.47. The maximum atomic E-state index is 13.9. The zero-order valence-corrected chi connectivity index (χ0v) is 24.5. The molecule has 0 atom stereocenters. The minimum Gasteiger partial charge on any atom is -0.497 e. The summed E-state index contributed by atoms with van der Waals surface area (Å²) in [4.78, 5) is 39.3. The van der Waals surface area contributed by atoms with E-state index in [1.807, 2.05) is 31.2 Å². The molecule has 0 bridgehead atoms. The Morgan fingerprint density at radius 2 is 1.70 bits per heavy atom. The molecule has 2 aliphatic heterocycles. The van der Waals surface area contributed by atoms with E-state index in [1.165, 1.54) is 18.2 Å². The Balaban J connectivity index is 1.34. The average Bonchev–Trinajstić information content (AvgIpc) is 3.27. The minimum atomic E-state index is -0.177. The number of ether oxygens (including phenoxy) is 1. The van der Waals surface area contributed by atoms with Gasteiger partial charge in [0, 0.05) is 44.1 Å². The van der Waals surface area contributed by atoms with Crippen molar-refractivity contribution in [2.24, 2.45) is 0 Å². The molecule has 208 valence electrons. The molecule has 8 nitrogen and oxygen atoms in total. The van der Waals surface area contributed by atoms with Gasteiger partial charge in [0.05, 0.1) is 17.6 Å². The monoisotopic (exact) mass is 575 g/mol. The zero-order valence-electron chi connectivity index (χ0n) is 22.8. The van der Waals surface area contributed by atoms with Crippen LogP contribution < -0.4 is 20.1 Å². The minimum absolute atomic E-state index is 0.0917. The van der Waals surface area contributed by atoms with Gasteiger partial charge >= 0.3 is 0 Å². The number of nitrogens with zero attached hydrogens (tertiary/aromatic N) is 5. The first-order valence-electron chi connectivity index (χ1n) is 13.9. The Hall–Kier alpha value is -3.37. The van der Waals surface area contributed by atoms with E-state index in [0.717, 1.165) is 55.8 Å². The number of fused-ring (bicyclic) bond motifs is 1. The van der Waals surface area contributed by atoms with E-state index < -0.39 is 0 Å². The van der Waals surface area contributed by atoms with E-state index in [4.69, 9.17) is 21.9 Å². The second-order valence-corrected chi connectivity index (χ2v) is 12.2. The van der Waals surface area contributed by atoms with Gasteiger partial charge in [-0.3, -0.25) is 18.9 Å². The van der Waals surface area contributed by atoms with Gasteiger partial charge in [0.25, 0.3) is 11.5 Å². The fourth-order valence-electron chi connectivity index (χ4n) is 5.90. The van der Waals surface area contributed by atoms with Gasteiger partial charge in [-0.05, 0) is 61.7 Å². The van der Waals surface area contributed by atoms with E-state index in [-0.39, 0.29) is 17.5 Å². The average molecular weight is 576 g/mol. The number of aromatic nitrogens is 2. The molecule has 1 aromatic carbocycles. The summed E-state index contributed by atoms with van der Waals surface area (Å²) in [5.41, 5.74) is 2.95. The summed E-state index contributed by atoms with van der Waals surface area (Å²) in [6.07, 6.45) is 8.86. The number of pyridine rings is 1. The number of thioether (sulfide) groups is 1. The number of benzene rings is 1. The van der Waals surface area contributed by atoms with Crippen molar-refractivity contribution in [2.45, 2.75) is 45.1 Å². The molecule has 1 amide bonds. The van der Waals surface area contributed by atoms with Crippen LogP contribution in [-0.4, -0.2) is 63.8 Å². The number of rotatable bonds is 5. The number of hydrogen-bond donors (Lipinski definition) is 0. The maximum Gasteiger partial charge on any atom is 0.267 e. The summed E-state index contributed by atoms with van der Waals surface area (Å²) in [5.74, 6) is 1.36. The van der Waals surface area contributed by atoms with Gasteiger partial charge in [-0.1, -0.05) is 49.3 Å². The van der Waals surface area contributed by atoms with Crippen LogP contribution >= 0.6 is 24.0 Å². The lowest BCUT2D eigenvalue weighted by molar-refractivity contribution is -0.124. The lowest BCUT2D eigenvalue weighted by atomic mass is 9.94. The molecule has 0 spiro atoms. The smallest absolute Gasteiger partial charge is 0.267 e. The standard InChI is InChI=1S/C30H33N5O3S2/c1-20-7-6-14-34-26(20)31-27(33-17-15-32(16-18-33)21-10-12-23(38-2)13-11-21)24(28(34)36)19-25-29(37)35(30(39)40-25)22-8-4-3-5-9-22/h6-7,10-14,19,22H,3-5,8-9,15-18H2,1-2H3/b25-19-. The third-order valence-electron chi connectivity index (χ3n) is 8.12. The molecule has 3 fully saturated rings. The Morgan fingerprint density at radius 3 is 2.40 bits per heavy atom. The highest BCUT2D eigenvalue weighted by Gasteiger charge is 2.38. The van der Waals surface area contributed by atoms with Crippen LogP contribution in [0.15, 0.2) is 52.3 Å². The molecule has 3 aliphatic rings. The first-order chi connectivity index (χ1) is 19.4. The molecule has 0 unspecified atom stereocenters. The van der Waals surface area contributed by atoms with E-state index in [2.05, 4.69) is 21.9 Å². The summed E-state index contributed by atoms with van der Waals surface area (Å²) in [7, 11) is 1.67. The summed E-state index contributed by atoms with van der Waals surface area (Å²) >= 11 is 6.96. The van der Waals surface area contributed by atoms with Crippen LogP contribution in [0.3, 0.4) is 0 Å². The summed E-state index contributed by atoms with van der Waals surface area (Å²) in [6, 6.07) is 12.0. The largest absolute Gasteiger partial charge is 0.497 e. The molecule has 1 saturated carbocycles. The van der Waals surface area contributed by atoms with Gasteiger partial charge in [-0.15, -0.1) is 0 Å². The Kier molecular flexibility index (Phi) is 7.55. The highest BCUT2D eigenvalue weighted by Crippen LogP contribution is 2.38. The highest BCUT2D eigenvalue weighted by atomic mass is 32.2. The maximum absolute atomic E-state index is 13.9. The van der Waals surface area contributed by atoms with Gasteiger partial charge in [0.1, 0.15) is 21.5 Å². The number of hydrogen-bond acceptors (Lipinski definition) is 8. The molecule has 0 radical (unpaired) electrons. The van der Waals surface area contributed by atoms with E-state index in [0.29, 0.717) is 39.3 Å². The Bertz CT molecular complexity index is 1540. The molecule has 6 rings (SSSR count).